The number of amides is 2. The summed E-state index contributed by atoms with van der Waals surface area (Å²) < 4.78 is 20.5. The van der Waals surface area contributed by atoms with E-state index in [9.17, 15) is 109 Å². The third-order valence-electron chi connectivity index (χ3n) is 16.2. The zero-order chi connectivity index (χ0) is 74.3. The first kappa shape index (κ1) is 99.4. The second-order valence-electron chi connectivity index (χ2n) is 24.3. The van der Waals surface area contributed by atoms with Gasteiger partial charge in [-0.2, -0.15) is 47.0 Å². The summed E-state index contributed by atoms with van der Waals surface area (Å²) in [6, 6.07) is -1.92. The fourth-order valence-electron chi connectivity index (χ4n) is 10.7. The molecule has 2 amide bonds. The number of ether oxygens (including phenoxy) is 4. The van der Waals surface area contributed by atoms with E-state index in [1.165, 1.54) is 60.9 Å². The monoisotopic (exact) mass is 1510 g/mol. The van der Waals surface area contributed by atoms with Crippen molar-refractivity contribution in [2.45, 2.75) is 224 Å². The molecule has 20 N–H and O–H groups in total. The number of carboxylic acid groups (broad SMARTS) is 4. The Morgan fingerprint density at radius 1 is 0.414 bits per heavy atom. The van der Waals surface area contributed by atoms with Gasteiger partial charge in [-0.05, 0) is 25.0 Å². The highest BCUT2D eigenvalue weighted by atomic mass is 32.2. The topological polar surface area (TPSA) is 596 Å². The summed E-state index contributed by atoms with van der Waals surface area (Å²) in [6.07, 6.45) is -13.9. The third-order valence-corrected chi connectivity index (χ3v) is 19.6. The number of carbonyl (C=O) groups is 10. The number of ketones is 4. The third kappa shape index (κ3) is 29.7. The first-order chi connectivity index (χ1) is 44.3. The van der Waals surface area contributed by atoms with Crippen LogP contribution < -0.4 is 10.6 Å². The van der Waals surface area contributed by atoms with E-state index in [2.05, 4.69) is 10.6 Å². The number of thioether (sulfide) groups is 4. The summed E-state index contributed by atoms with van der Waals surface area (Å²) in [5, 5.41) is 179. The van der Waals surface area contributed by atoms with Gasteiger partial charge in [0.2, 0.25) is 11.8 Å². The molecular weight excluding hydrogens is 1400 g/mol. The van der Waals surface area contributed by atoms with Gasteiger partial charge in [-0.15, -0.1) is 0 Å². The molecule has 24 unspecified atom stereocenters. The molecule has 0 spiro atoms. The summed E-state index contributed by atoms with van der Waals surface area (Å²) in [6.45, 7) is 7.66. The second kappa shape index (κ2) is 45.4. The van der Waals surface area contributed by atoms with Crippen LogP contribution in [0.3, 0.4) is 0 Å². The molecule has 4 aliphatic heterocycles. The number of aliphatic hydroxyl groups excluding tert-OH is 10. The second-order valence-corrected chi connectivity index (χ2v) is 27.9. The van der Waals surface area contributed by atoms with Crippen LogP contribution in [-0.4, -0.2) is 320 Å². The molecule has 0 aromatic rings. The van der Waals surface area contributed by atoms with Gasteiger partial charge in [0.15, 0.2) is 0 Å². The van der Waals surface area contributed by atoms with E-state index in [4.69, 9.17) is 49.6 Å². The van der Waals surface area contributed by atoms with E-state index >= 15 is 0 Å². The number of hydrogen-bond acceptors (Lipinski definition) is 32. The lowest BCUT2D eigenvalue weighted by atomic mass is 9.79. The molecule has 4 fully saturated rings. The first-order valence-electron chi connectivity index (χ1n) is 30.2. The van der Waals surface area contributed by atoms with Gasteiger partial charge in [0.1, 0.15) is 47.5 Å². The fraction of sp³-hybridized carbons (Fsp3) is 0.836. The molecule has 0 bridgehead atoms. The van der Waals surface area contributed by atoms with Crippen LogP contribution in [0.25, 0.3) is 0 Å². The van der Waals surface area contributed by atoms with Crippen molar-refractivity contribution >= 4 is 106 Å². The molecule has 0 saturated carbocycles. The van der Waals surface area contributed by atoms with Crippen LogP contribution in [-0.2, 0) is 66.9 Å². The van der Waals surface area contributed by atoms with Gasteiger partial charge < -0.3 is 121 Å². The molecule has 24 atom stereocenters. The maximum atomic E-state index is 12.3. The van der Waals surface area contributed by atoms with Crippen LogP contribution in [0.5, 0.6) is 0 Å². The average molecular weight is 1510 g/mol. The maximum Gasteiger partial charge on any atom is 0.364 e. The Morgan fingerprint density at radius 2 is 0.636 bits per heavy atom. The molecule has 0 aromatic heterocycles. The van der Waals surface area contributed by atoms with Crippen molar-refractivity contribution in [3.05, 3.63) is 0 Å². The minimum Gasteiger partial charge on any atom is -0.477 e. The molecule has 0 aliphatic carbocycles. The molecule has 0 aromatic carbocycles. The largest absolute Gasteiger partial charge is 0.477 e. The minimum absolute atomic E-state index is 0. The van der Waals surface area contributed by atoms with Gasteiger partial charge in [0.05, 0.1) is 74.1 Å². The quantitative estimate of drug-likeness (QED) is 0.0320. The summed E-state index contributed by atoms with van der Waals surface area (Å²) in [7, 11) is 0. The van der Waals surface area contributed by atoms with Gasteiger partial charge in [0.25, 0.3) is 23.1 Å². The maximum absolute atomic E-state index is 12.3. The lowest BCUT2D eigenvalue weighted by Gasteiger charge is -2.44. The summed E-state index contributed by atoms with van der Waals surface area (Å²) in [4.78, 5) is 116. The van der Waals surface area contributed by atoms with E-state index in [0.29, 0.717) is 23.0 Å². The Labute approximate surface area is 593 Å². The summed E-state index contributed by atoms with van der Waals surface area (Å²) in [5.41, 5.74) is 0. The Hall–Kier alpha value is -3.82. The van der Waals surface area contributed by atoms with Crippen molar-refractivity contribution in [3.8, 4) is 0 Å². The standard InChI is InChI=1S/2C15H26O9S.2C14H23NO7S.3CH4/c2*1-7(6-25-2)9(17)3-8-10(18)4-15(23,14(21)22)24-13(8)12(20)11(19)5-16;2*1-7(6-23-3)9(17)4-11-12(15-8(2)16)10(18)5-14(21,22-11)13(19)20;;;/h2*7-8,10-13,16,18-20,23H,3-6H2,1-2H3,(H,21,22);2*7,10-12,18,21H,4-6H2,1-3H3,(H,15,16)(H,19,20);3*1H4. The normalized spacial score (nSPS) is 31.8. The van der Waals surface area contributed by atoms with Crippen LogP contribution in [0.1, 0.15) is 115 Å². The Balaban J connectivity index is -0.00000123. The van der Waals surface area contributed by atoms with Gasteiger partial charge in [-0.1, -0.05) is 50.0 Å². The Kier molecular flexibility index (Phi) is 45.6. The van der Waals surface area contributed by atoms with Crippen LogP contribution in [0, 0.1) is 35.5 Å². The molecule has 4 aliphatic rings. The predicted molar refractivity (Wildman–Crippen MR) is 362 cm³/mol. The molecule has 99 heavy (non-hydrogen) atoms. The van der Waals surface area contributed by atoms with Gasteiger partial charge in [-0.3, -0.25) is 28.8 Å². The molecule has 4 rings (SSSR count). The van der Waals surface area contributed by atoms with Crippen LogP contribution in [0.15, 0.2) is 0 Å². The lowest BCUT2D eigenvalue weighted by Crippen LogP contribution is -2.63. The summed E-state index contributed by atoms with van der Waals surface area (Å²) >= 11 is 5.92. The smallest absolute Gasteiger partial charge is 0.364 e. The molecular formula is C61H110N2O32S4. The van der Waals surface area contributed by atoms with Crippen LogP contribution in [0.4, 0.5) is 0 Å². The number of aliphatic hydroxyl groups is 14. The Morgan fingerprint density at radius 3 is 0.848 bits per heavy atom. The summed E-state index contributed by atoms with van der Waals surface area (Å²) in [5.74, 6) is -20.3. The highest BCUT2D eigenvalue weighted by Crippen LogP contribution is 2.39. The van der Waals surface area contributed by atoms with E-state index in [-0.39, 0.29) is 94.8 Å². The predicted octanol–water partition coefficient (Wildman–Crippen LogP) is -2.95. The van der Waals surface area contributed by atoms with Crippen molar-refractivity contribution in [2.24, 2.45) is 35.5 Å². The van der Waals surface area contributed by atoms with Crippen molar-refractivity contribution in [1.29, 1.82) is 0 Å². The minimum atomic E-state index is -2.76. The molecule has 4 heterocycles. The van der Waals surface area contributed by atoms with Crippen molar-refractivity contribution in [2.75, 3.05) is 61.2 Å². The SMILES string of the molecule is C.C.C.CSCC(C)C(=O)CC1C(O)CC(O)(C(=O)O)OC1C(O)C(O)CO.CSCC(C)C(=O)CC1C(O)CC(O)(C(=O)O)OC1C(O)C(O)CO.CSCC(C)C(=O)CC1OC(O)(C(=O)O)CC(O)C1NC(C)=O.CSCC(C)C(=O)CC1OC(O)(C(=O)O)CC(O)C1NC(C)=O. The van der Waals surface area contributed by atoms with Gasteiger partial charge in [0, 0.05) is 124 Å². The van der Waals surface area contributed by atoms with E-state index in [0.717, 1.165) is 0 Å². The molecule has 0 radical (unpaired) electrons. The molecule has 4 saturated heterocycles. The zero-order valence-corrected chi connectivity index (χ0v) is 58.1. The molecule has 38 heteroatoms. The molecule has 34 nitrogen and oxygen atoms in total. The number of Topliss-reactive ketones (excluding diaryl/α,β-unsaturated/α-hetero) is 4. The number of carbonyl (C=O) groups excluding carboxylic acids is 6. The van der Waals surface area contributed by atoms with Crippen molar-refractivity contribution in [1.82, 2.24) is 10.6 Å². The van der Waals surface area contributed by atoms with Crippen LogP contribution >= 0.6 is 47.0 Å². The van der Waals surface area contributed by atoms with Crippen LogP contribution in [0.2, 0.25) is 0 Å². The van der Waals surface area contributed by atoms with E-state index in [1.54, 1.807) is 27.7 Å². The number of aliphatic carboxylic acids is 4. The van der Waals surface area contributed by atoms with Crippen molar-refractivity contribution in [3.63, 3.8) is 0 Å². The van der Waals surface area contributed by atoms with Gasteiger partial charge in [-0.25, -0.2) is 19.2 Å². The van der Waals surface area contributed by atoms with E-state index < -0.39 is 195 Å². The molecule has 580 valence electrons. The zero-order valence-electron chi connectivity index (χ0n) is 54.8. The number of nitrogens with one attached hydrogen (secondary N) is 2. The number of hydrogen-bond donors (Lipinski definition) is 20. The highest BCUT2D eigenvalue weighted by molar-refractivity contribution is 7.99. The van der Waals surface area contributed by atoms with Crippen molar-refractivity contribution < 1.29 is 159 Å². The van der Waals surface area contributed by atoms with Gasteiger partial charge >= 0.3 is 23.9 Å². The lowest BCUT2D eigenvalue weighted by molar-refractivity contribution is -0.304. The van der Waals surface area contributed by atoms with E-state index in [1.807, 2.05) is 25.0 Å². The fourth-order valence-corrected chi connectivity index (χ4v) is 13.4. The Bertz CT molecular complexity index is 2400. The number of rotatable bonds is 32. The highest BCUT2D eigenvalue weighted by Gasteiger charge is 2.57. The average Bonchev–Trinajstić information content (AvgIpc) is 0.817. The number of carboxylic acids is 4. The first-order valence-corrected chi connectivity index (χ1v) is 35.7.